The van der Waals surface area contributed by atoms with E-state index in [0.29, 0.717) is 0 Å². The fourth-order valence-electron chi connectivity index (χ4n) is 0.410. The van der Waals surface area contributed by atoms with Crippen molar-refractivity contribution in [2.75, 3.05) is 41.3 Å². The Balaban J connectivity index is 0. The molecule has 4 nitrogen and oxygen atoms in total. The van der Waals surface area contributed by atoms with Crippen LogP contribution in [0.1, 0.15) is 0 Å². The predicted molar refractivity (Wildman–Crippen MR) is 47.4 cm³/mol. The number of likely N-dealkylation sites (N-methyl/N-ethyl adjacent to an activating group) is 2. The van der Waals surface area contributed by atoms with Crippen LogP contribution < -0.4 is 5.73 Å². The van der Waals surface area contributed by atoms with Crippen molar-refractivity contribution in [3.63, 3.8) is 0 Å². The first-order valence-corrected chi connectivity index (χ1v) is 3.55. The zero-order chi connectivity index (χ0) is 9.28. The molecule has 1 amide bonds. The van der Waals surface area contributed by atoms with Crippen LogP contribution in [0.2, 0.25) is 0 Å². The van der Waals surface area contributed by atoms with E-state index >= 15 is 0 Å². The molecule has 68 valence electrons. The summed E-state index contributed by atoms with van der Waals surface area (Å²) in [7, 11) is 7.24. The van der Waals surface area contributed by atoms with E-state index in [1.807, 2.05) is 19.0 Å². The van der Waals surface area contributed by atoms with Gasteiger partial charge in [0.1, 0.15) is 0 Å². The number of carbonyl (C=O) groups is 1. The Morgan fingerprint density at radius 1 is 1.18 bits per heavy atom. The fourth-order valence-corrected chi connectivity index (χ4v) is 0.410. The van der Waals surface area contributed by atoms with Crippen LogP contribution in [0.25, 0.3) is 0 Å². The van der Waals surface area contributed by atoms with Gasteiger partial charge in [0, 0.05) is 20.1 Å². The van der Waals surface area contributed by atoms with Gasteiger partial charge in [-0.1, -0.05) is 0 Å². The van der Waals surface area contributed by atoms with Crippen LogP contribution in [0, 0.1) is 0 Å². The Bertz CT molecular complexity index is 85.8. The highest BCUT2D eigenvalue weighted by Crippen LogP contribution is 1.77. The lowest BCUT2D eigenvalue weighted by molar-refractivity contribution is -0.117. The molecule has 0 saturated carbocycles. The quantitative estimate of drug-likeness (QED) is 0.550. The van der Waals surface area contributed by atoms with Crippen molar-refractivity contribution in [3.8, 4) is 0 Å². The largest absolute Gasteiger partial charge is 0.347 e. The van der Waals surface area contributed by atoms with Crippen LogP contribution in [0.4, 0.5) is 0 Å². The smallest absolute Gasteiger partial charge is 0.209 e. The minimum atomic E-state index is 0.802. The average Bonchev–Trinajstić information content (AvgIpc) is 2.04. The Morgan fingerprint density at radius 2 is 1.64 bits per heavy atom. The van der Waals surface area contributed by atoms with Crippen molar-refractivity contribution >= 4 is 6.41 Å². The number of rotatable bonds is 4. The standard InChI is InChI=1S/C6H14N2O.CH5N/c1-7(2)4-5-8(3)6-9;1-2/h6H,4-5H2,1-3H3;2H2,1H3. The summed E-state index contributed by atoms with van der Waals surface area (Å²) in [5.74, 6) is 0. The Kier molecular flexibility index (Phi) is 11.1. The number of hydrogen-bond donors (Lipinski definition) is 1. The minimum Gasteiger partial charge on any atom is -0.347 e. The maximum atomic E-state index is 10.0. The molecule has 0 atom stereocenters. The molecule has 0 aromatic carbocycles. The second kappa shape index (κ2) is 9.39. The van der Waals surface area contributed by atoms with Crippen molar-refractivity contribution in [2.45, 2.75) is 0 Å². The molecule has 0 spiro atoms. The Hall–Kier alpha value is -0.610. The maximum absolute atomic E-state index is 10.0. The van der Waals surface area contributed by atoms with Crippen LogP contribution in [0.3, 0.4) is 0 Å². The van der Waals surface area contributed by atoms with Crippen LogP contribution in [0.5, 0.6) is 0 Å². The van der Waals surface area contributed by atoms with Gasteiger partial charge in [0.15, 0.2) is 0 Å². The molecule has 0 saturated heterocycles. The van der Waals surface area contributed by atoms with Crippen LogP contribution in [0.15, 0.2) is 0 Å². The lowest BCUT2D eigenvalue weighted by Crippen LogP contribution is -2.27. The van der Waals surface area contributed by atoms with E-state index in [9.17, 15) is 4.79 Å². The molecule has 0 aliphatic heterocycles. The van der Waals surface area contributed by atoms with Gasteiger partial charge in [0.25, 0.3) is 0 Å². The van der Waals surface area contributed by atoms with Crippen molar-refractivity contribution in [2.24, 2.45) is 5.73 Å². The molecule has 0 aliphatic carbocycles. The first-order valence-electron chi connectivity index (χ1n) is 3.55. The van der Waals surface area contributed by atoms with Crippen LogP contribution in [-0.2, 0) is 4.79 Å². The second-order valence-electron chi connectivity index (χ2n) is 2.39. The third-order valence-electron chi connectivity index (χ3n) is 1.08. The Morgan fingerprint density at radius 3 is 1.91 bits per heavy atom. The summed E-state index contributed by atoms with van der Waals surface area (Å²) in [5, 5.41) is 0. The number of nitrogens with zero attached hydrogens (tertiary/aromatic N) is 2. The highest BCUT2D eigenvalue weighted by molar-refractivity contribution is 5.46. The van der Waals surface area contributed by atoms with Gasteiger partial charge in [0.05, 0.1) is 0 Å². The highest BCUT2D eigenvalue weighted by Gasteiger charge is 1.92. The lowest BCUT2D eigenvalue weighted by Gasteiger charge is -2.13. The average molecular weight is 161 g/mol. The third-order valence-corrected chi connectivity index (χ3v) is 1.08. The zero-order valence-corrected chi connectivity index (χ0v) is 7.87. The van der Waals surface area contributed by atoms with Gasteiger partial charge in [-0.3, -0.25) is 4.79 Å². The summed E-state index contributed by atoms with van der Waals surface area (Å²) in [4.78, 5) is 13.7. The minimum absolute atomic E-state index is 0.802. The first kappa shape index (κ1) is 13.0. The number of nitrogens with two attached hydrogens (primary N) is 1. The highest BCUT2D eigenvalue weighted by atomic mass is 16.1. The lowest BCUT2D eigenvalue weighted by atomic mass is 10.5. The van der Waals surface area contributed by atoms with E-state index in [4.69, 9.17) is 0 Å². The van der Waals surface area contributed by atoms with E-state index in [0.717, 1.165) is 19.5 Å². The molecule has 0 rings (SSSR count). The van der Waals surface area contributed by atoms with Gasteiger partial charge in [-0.15, -0.1) is 0 Å². The fraction of sp³-hybridized carbons (Fsp3) is 0.857. The van der Waals surface area contributed by atoms with Crippen molar-refractivity contribution in [1.29, 1.82) is 0 Å². The number of hydrogen-bond acceptors (Lipinski definition) is 3. The van der Waals surface area contributed by atoms with E-state index in [-0.39, 0.29) is 0 Å². The molecule has 0 bridgehead atoms. The molecular weight excluding hydrogens is 142 g/mol. The van der Waals surface area contributed by atoms with Crippen molar-refractivity contribution in [1.82, 2.24) is 9.80 Å². The first-order chi connectivity index (χ1) is 5.16. The van der Waals surface area contributed by atoms with Gasteiger partial charge in [0.2, 0.25) is 6.41 Å². The molecule has 0 aromatic rings. The summed E-state index contributed by atoms with van der Waals surface area (Å²) in [6.45, 7) is 1.73. The normalized spacial score (nSPS) is 8.55. The molecule has 0 heterocycles. The molecule has 0 aromatic heterocycles. The Labute approximate surface area is 69.0 Å². The van der Waals surface area contributed by atoms with Crippen LogP contribution in [-0.4, -0.2) is 57.5 Å². The van der Waals surface area contributed by atoms with Crippen LogP contribution >= 0.6 is 0 Å². The van der Waals surface area contributed by atoms with Gasteiger partial charge in [-0.25, -0.2) is 0 Å². The monoisotopic (exact) mass is 161 g/mol. The predicted octanol–water partition coefficient (Wildman–Crippen LogP) is -0.789. The van der Waals surface area contributed by atoms with Crippen molar-refractivity contribution in [3.05, 3.63) is 0 Å². The van der Waals surface area contributed by atoms with E-state index in [2.05, 4.69) is 5.73 Å². The summed E-state index contributed by atoms with van der Waals surface area (Å²) in [6.07, 6.45) is 0.837. The summed E-state index contributed by atoms with van der Waals surface area (Å²) < 4.78 is 0. The molecule has 0 unspecified atom stereocenters. The molecule has 4 heteroatoms. The summed E-state index contributed by atoms with van der Waals surface area (Å²) in [6, 6.07) is 0. The van der Waals surface area contributed by atoms with Gasteiger partial charge >= 0.3 is 0 Å². The molecule has 0 radical (unpaired) electrons. The van der Waals surface area contributed by atoms with Gasteiger partial charge in [-0.05, 0) is 21.1 Å². The molecular formula is C7H19N3O. The van der Waals surface area contributed by atoms with E-state index < -0.39 is 0 Å². The maximum Gasteiger partial charge on any atom is 0.209 e. The molecule has 2 N–H and O–H groups in total. The molecule has 11 heavy (non-hydrogen) atoms. The molecule has 0 aliphatic rings. The van der Waals surface area contributed by atoms with Crippen molar-refractivity contribution < 1.29 is 4.79 Å². The third kappa shape index (κ3) is 12.6. The summed E-state index contributed by atoms with van der Waals surface area (Å²) >= 11 is 0. The van der Waals surface area contributed by atoms with Gasteiger partial charge in [-0.2, -0.15) is 0 Å². The SMILES string of the molecule is CN.CN(C)CCN(C)C=O. The van der Waals surface area contributed by atoms with Gasteiger partial charge < -0.3 is 15.5 Å². The second-order valence-corrected chi connectivity index (χ2v) is 2.39. The topological polar surface area (TPSA) is 49.6 Å². The van der Waals surface area contributed by atoms with E-state index in [1.54, 1.807) is 11.9 Å². The molecule has 0 fully saturated rings. The van der Waals surface area contributed by atoms with E-state index in [1.165, 1.54) is 7.05 Å². The number of amides is 1. The summed E-state index contributed by atoms with van der Waals surface area (Å²) in [5.41, 5.74) is 4.50. The zero-order valence-electron chi connectivity index (χ0n) is 7.87. The number of carbonyl (C=O) groups excluding carboxylic acids is 1.